The number of nitrogens with two attached hydrogens (primary N) is 1. The molecule has 104 valence electrons. The molecule has 2 heterocycles. The molecule has 1 fully saturated rings. The number of rotatable bonds is 3. The van der Waals surface area contributed by atoms with E-state index in [1.807, 2.05) is 0 Å². The molecule has 3 nitrogen and oxygen atoms in total. The van der Waals surface area contributed by atoms with Crippen molar-refractivity contribution >= 4 is 5.82 Å². The summed E-state index contributed by atoms with van der Waals surface area (Å²) in [5.41, 5.74) is 9.96. The predicted molar refractivity (Wildman–Crippen MR) is 79.4 cm³/mol. The maximum atomic E-state index is 5.95. The maximum absolute atomic E-state index is 5.95. The van der Waals surface area contributed by atoms with Crippen molar-refractivity contribution in [3.8, 4) is 0 Å². The molecule has 19 heavy (non-hydrogen) atoms. The number of piperidine rings is 1. The summed E-state index contributed by atoms with van der Waals surface area (Å²) in [4.78, 5) is 7.45. The first-order valence-corrected chi connectivity index (χ1v) is 7.78. The fourth-order valence-electron chi connectivity index (χ4n) is 3.52. The monoisotopic (exact) mass is 259 g/mol. The van der Waals surface area contributed by atoms with Crippen LogP contribution in [0, 0.1) is 5.92 Å². The van der Waals surface area contributed by atoms with E-state index < -0.39 is 0 Å². The molecule has 0 aromatic carbocycles. The van der Waals surface area contributed by atoms with E-state index in [-0.39, 0.29) is 0 Å². The standard InChI is InChI=1S/C16H25N3/c1-2-12-5-4-8-19(11-12)16-14(10-17)9-13-6-3-7-15(13)18-16/h9,12H,2-8,10-11,17H2,1H3. The van der Waals surface area contributed by atoms with Crippen LogP contribution >= 0.6 is 0 Å². The molecular weight excluding hydrogens is 234 g/mol. The van der Waals surface area contributed by atoms with E-state index in [1.165, 1.54) is 54.7 Å². The lowest BCUT2D eigenvalue weighted by molar-refractivity contribution is 0.402. The molecule has 2 N–H and O–H groups in total. The minimum Gasteiger partial charge on any atom is -0.356 e. The van der Waals surface area contributed by atoms with Crippen LogP contribution in [0.2, 0.25) is 0 Å². The van der Waals surface area contributed by atoms with E-state index >= 15 is 0 Å². The second-order valence-electron chi connectivity index (χ2n) is 6.00. The van der Waals surface area contributed by atoms with Gasteiger partial charge in [-0.15, -0.1) is 0 Å². The Balaban J connectivity index is 1.90. The molecule has 2 aliphatic rings. The van der Waals surface area contributed by atoms with E-state index in [0.29, 0.717) is 6.54 Å². The highest BCUT2D eigenvalue weighted by Crippen LogP contribution is 2.30. The van der Waals surface area contributed by atoms with Gasteiger partial charge in [-0.05, 0) is 49.7 Å². The first-order valence-electron chi connectivity index (χ1n) is 7.78. The van der Waals surface area contributed by atoms with Crippen LogP contribution < -0.4 is 10.6 Å². The number of aromatic nitrogens is 1. The van der Waals surface area contributed by atoms with Gasteiger partial charge in [0.2, 0.25) is 0 Å². The smallest absolute Gasteiger partial charge is 0.133 e. The van der Waals surface area contributed by atoms with Crippen LogP contribution in [0.3, 0.4) is 0 Å². The van der Waals surface area contributed by atoms with Crippen LogP contribution in [0.25, 0.3) is 0 Å². The third-order valence-corrected chi connectivity index (χ3v) is 4.72. The van der Waals surface area contributed by atoms with Gasteiger partial charge >= 0.3 is 0 Å². The highest BCUT2D eigenvalue weighted by Gasteiger charge is 2.23. The normalized spacial score (nSPS) is 22.6. The van der Waals surface area contributed by atoms with E-state index in [1.54, 1.807) is 0 Å². The Morgan fingerprint density at radius 2 is 2.26 bits per heavy atom. The predicted octanol–water partition coefficient (Wildman–Crippen LogP) is 2.66. The van der Waals surface area contributed by atoms with Crippen LogP contribution in [0.5, 0.6) is 0 Å². The summed E-state index contributed by atoms with van der Waals surface area (Å²) in [7, 11) is 0. The van der Waals surface area contributed by atoms with Gasteiger partial charge in [-0.1, -0.05) is 13.3 Å². The Labute approximate surface area is 116 Å². The summed E-state index contributed by atoms with van der Waals surface area (Å²) in [5, 5.41) is 0. The average Bonchev–Trinajstić information content (AvgIpc) is 2.93. The van der Waals surface area contributed by atoms with Gasteiger partial charge in [0.1, 0.15) is 5.82 Å². The molecule has 0 saturated carbocycles. The number of anilines is 1. The number of aryl methyl sites for hydroxylation is 2. The summed E-state index contributed by atoms with van der Waals surface area (Å²) < 4.78 is 0. The summed E-state index contributed by atoms with van der Waals surface area (Å²) in [6.45, 7) is 5.22. The SMILES string of the molecule is CCC1CCCN(c2nc3c(cc2CN)CCC3)C1. The molecule has 1 atom stereocenters. The molecule has 1 saturated heterocycles. The van der Waals surface area contributed by atoms with Crippen molar-refractivity contribution in [2.75, 3.05) is 18.0 Å². The molecule has 1 aliphatic carbocycles. The minimum absolute atomic E-state index is 0.614. The number of hydrogen-bond donors (Lipinski definition) is 1. The Bertz CT molecular complexity index is 456. The van der Waals surface area contributed by atoms with Crippen LogP contribution in [0.4, 0.5) is 5.82 Å². The first kappa shape index (κ1) is 12.9. The van der Waals surface area contributed by atoms with Gasteiger partial charge in [-0.25, -0.2) is 4.98 Å². The van der Waals surface area contributed by atoms with Crippen molar-refractivity contribution in [3.63, 3.8) is 0 Å². The first-order chi connectivity index (χ1) is 9.31. The molecule has 0 bridgehead atoms. The molecule has 1 aromatic rings. The largest absolute Gasteiger partial charge is 0.356 e. The fourth-order valence-corrected chi connectivity index (χ4v) is 3.52. The van der Waals surface area contributed by atoms with Crippen molar-refractivity contribution in [3.05, 3.63) is 22.9 Å². The molecule has 0 radical (unpaired) electrons. The number of hydrogen-bond acceptors (Lipinski definition) is 3. The summed E-state index contributed by atoms with van der Waals surface area (Å²) >= 11 is 0. The number of fused-ring (bicyclic) bond motifs is 1. The Kier molecular flexibility index (Phi) is 3.74. The molecule has 1 aliphatic heterocycles. The molecule has 1 aromatic heterocycles. The van der Waals surface area contributed by atoms with Gasteiger partial charge in [-0.3, -0.25) is 0 Å². The van der Waals surface area contributed by atoms with Crippen molar-refractivity contribution < 1.29 is 0 Å². The molecule has 0 amide bonds. The second-order valence-corrected chi connectivity index (χ2v) is 6.00. The average molecular weight is 259 g/mol. The second kappa shape index (κ2) is 5.49. The summed E-state index contributed by atoms with van der Waals surface area (Å²) in [5.74, 6) is 2.01. The third kappa shape index (κ3) is 2.48. The minimum atomic E-state index is 0.614. The zero-order chi connectivity index (χ0) is 13.2. The van der Waals surface area contributed by atoms with Gasteiger partial charge in [0, 0.05) is 30.9 Å². The van der Waals surface area contributed by atoms with E-state index in [4.69, 9.17) is 10.7 Å². The molecule has 3 rings (SSSR count). The van der Waals surface area contributed by atoms with Gasteiger partial charge in [0.25, 0.3) is 0 Å². The highest BCUT2D eigenvalue weighted by molar-refractivity contribution is 5.51. The lowest BCUT2D eigenvalue weighted by Gasteiger charge is -2.34. The summed E-state index contributed by atoms with van der Waals surface area (Å²) in [6.07, 6.45) is 7.54. The van der Waals surface area contributed by atoms with Crippen LogP contribution in [0.15, 0.2) is 6.07 Å². The van der Waals surface area contributed by atoms with Crippen molar-refractivity contribution in [1.29, 1.82) is 0 Å². The highest BCUT2D eigenvalue weighted by atomic mass is 15.2. The Hall–Kier alpha value is -1.09. The lowest BCUT2D eigenvalue weighted by Crippen LogP contribution is -2.36. The van der Waals surface area contributed by atoms with Crippen LogP contribution in [-0.2, 0) is 19.4 Å². The van der Waals surface area contributed by atoms with Crippen molar-refractivity contribution in [1.82, 2.24) is 4.98 Å². The zero-order valence-corrected chi connectivity index (χ0v) is 12.0. The van der Waals surface area contributed by atoms with Crippen molar-refractivity contribution in [2.45, 2.75) is 52.0 Å². The fraction of sp³-hybridized carbons (Fsp3) is 0.688. The summed E-state index contributed by atoms with van der Waals surface area (Å²) in [6, 6.07) is 2.32. The van der Waals surface area contributed by atoms with E-state index in [2.05, 4.69) is 17.9 Å². The van der Waals surface area contributed by atoms with Gasteiger partial charge < -0.3 is 10.6 Å². The van der Waals surface area contributed by atoms with Crippen LogP contribution in [-0.4, -0.2) is 18.1 Å². The molecule has 0 spiro atoms. The lowest BCUT2D eigenvalue weighted by atomic mass is 9.95. The number of nitrogens with zero attached hydrogens (tertiary/aromatic N) is 2. The quantitative estimate of drug-likeness (QED) is 0.907. The van der Waals surface area contributed by atoms with Gasteiger partial charge in [0.15, 0.2) is 0 Å². The van der Waals surface area contributed by atoms with Crippen LogP contribution in [0.1, 0.15) is 49.4 Å². The molecule has 3 heteroatoms. The Morgan fingerprint density at radius 1 is 1.37 bits per heavy atom. The molecular formula is C16H25N3. The number of pyridine rings is 1. The van der Waals surface area contributed by atoms with E-state index in [0.717, 1.165) is 25.4 Å². The molecule has 1 unspecified atom stereocenters. The topological polar surface area (TPSA) is 42.2 Å². The van der Waals surface area contributed by atoms with Gasteiger partial charge in [0.05, 0.1) is 0 Å². The zero-order valence-electron chi connectivity index (χ0n) is 12.0. The third-order valence-electron chi connectivity index (χ3n) is 4.72. The van der Waals surface area contributed by atoms with Crippen molar-refractivity contribution in [2.24, 2.45) is 11.7 Å². The Morgan fingerprint density at radius 3 is 3.05 bits per heavy atom. The maximum Gasteiger partial charge on any atom is 0.133 e. The van der Waals surface area contributed by atoms with Gasteiger partial charge in [-0.2, -0.15) is 0 Å². The van der Waals surface area contributed by atoms with E-state index in [9.17, 15) is 0 Å².